The summed E-state index contributed by atoms with van der Waals surface area (Å²) < 4.78 is 5.53. The number of hydrogen-bond acceptors (Lipinski definition) is 4. The number of likely N-dealkylation sites (N-methyl/N-ethyl adjacent to an activating group) is 1. The fourth-order valence-corrected chi connectivity index (χ4v) is 1.70. The van der Waals surface area contributed by atoms with Crippen molar-refractivity contribution in [2.45, 2.75) is 33.8 Å². The first-order chi connectivity index (χ1) is 9.10. The molecule has 1 rings (SSSR count). The molecule has 1 saturated heterocycles. The lowest BCUT2D eigenvalue weighted by Gasteiger charge is -2.32. The Hall–Kier alpha value is -0.650. The van der Waals surface area contributed by atoms with Gasteiger partial charge in [-0.2, -0.15) is 0 Å². The third-order valence-corrected chi connectivity index (χ3v) is 2.51. The molecule has 0 bridgehead atoms. The summed E-state index contributed by atoms with van der Waals surface area (Å²) >= 11 is 0. The van der Waals surface area contributed by atoms with Crippen LogP contribution < -0.4 is 10.6 Å². The quantitative estimate of drug-likeness (QED) is 0.530. The van der Waals surface area contributed by atoms with E-state index >= 15 is 0 Å². The van der Waals surface area contributed by atoms with Crippen molar-refractivity contribution in [3.8, 4) is 0 Å². The normalized spacial score (nSPS) is 19.7. The molecule has 0 aromatic carbocycles. The van der Waals surface area contributed by atoms with E-state index < -0.39 is 0 Å². The van der Waals surface area contributed by atoms with Crippen molar-refractivity contribution in [3.05, 3.63) is 0 Å². The zero-order valence-electron chi connectivity index (χ0n) is 12.9. The molecule has 1 aliphatic rings. The Morgan fingerprint density at radius 1 is 1.42 bits per heavy atom. The van der Waals surface area contributed by atoms with Crippen LogP contribution in [0.25, 0.3) is 0 Å². The molecule has 0 saturated carbocycles. The minimum atomic E-state index is 0.144. The number of carbonyl (C=O) groups is 1. The maximum Gasteiger partial charge on any atom is 0.207 e. The van der Waals surface area contributed by atoms with E-state index in [4.69, 9.17) is 4.74 Å². The lowest BCUT2D eigenvalue weighted by Crippen LogP contribution is -2.48. The monoisotopic (exact) mass is 273 g/mol. The molecule has 5 heteroatoms. The van der Waals surface area contributed by atoms with Gasteiger partial charge in [0.05, 0.1) is 12.7 Å². The first-order valence-corrected chi connectivity index (χ1v) is 7.31. The summed E-state index contributed by atoms with van der Waals surface area (Å²) in [6.07, 6.45) is 0.867. The van der Waals surface area contributed by atoms with Gasteiger partial charge in [0, 0.05) is 32.7 Å². The molecule has 0 aliphatic carbocycles. The van der Waals surface area contributed by atoms with E-state index in [1.54, 1.807) is 0 Å². The maximum absolute atomic E-state index is 10.1. The highest BCUT2D eigenvalue weighted by atomic mass is 16.5. The Labute approximate surface area is 118 Å². The van der Waals surface area contributed by atoms with Crippen LogP contribution in [0.1, 0.15) is 27.7 Å². The lowest BCUT2D eigenvalue weighted by atomic mass is 10.2. The molecule has 19 heavy (non-hydrogen) atoms. The molecule has 2 N–H and O–H groups in total. The Morgan fingerprint density at radius 3 is 2.68 bits per heavy atom. The summed E-state index contributed by atoms with van der Waals surface area (Å²) in [6.45, 7) is 15.0. The first-order valence-electron chi connectivity index (χ1n) is 7.31. The summed E-state index contributed by atoms with van der Waals surface area (Å²) in [7, 11) is 0. The molecule has 0 radical (unpaired) electrons. The van der Waals surface area contributed by atoms with Crippen LogP contribution in [0.3, 0.4) is 0 Å². The molecule has 1 aliphatic heterocycles. The molecular formula is C14H31N3O2. The number of amides is 1. The van der Waals surface area contributed by atoms with Crippen molar-refractivity contribution in [2.75, 3.05) is 45.9 Å². The van der Waals surface area contributed by atoms with E-state index in [1.165, 1.54) is 0 Å². The van der Waals surface area contributed by atoms with Crippen molar-refractivity contribution in [1.29, 1.82) is 0 Å². The molecule has 1 heterocycles. The van der Waals surface area contributed by atoms with E-state index in [2.05, 4.69) is 43.2 Å². The summed E-state index contributed by atoms with van der Waals surface area (Å²) in [5.41, 5.74) is 0. The number of morpholine rings is 1. The summed E-state index contributed by atoms with van der Waals surface area (Å²) in [4.78, 5) is 12.5. The van der Waals surface area contributed by atoms with Crippen LogP contribution in [0.5, 0.6) is 0 Å². The molecule has 1 amide bonds. The van der Waals surface area contributed by atoms with E-state index in [0.29, 0.717) is 6.54 Å². The first kappa shape index (κ1) is 18.4. The highest BCUT2D eigenvalue weighted by molar-refractivity contribution is 5.45. The van der Waals surface area contributed by atoms with Crippen LogP contribution in [0.15, 0.2) is 0 Å². The fraction of sp³-hybridized carbons (Fsp3) is 0.929. The third kappa shape index (κ3) is 12.1. The number of nitrogens with one attached hydrogen (secondary N) is 2. The second-order valence-electron chi connectivity index (χ2n) is 5.41. The SMILES string of the molecule is CC(C)C.CCNCCN1CCOC(CNC=O)C1. The highest BCUT2D eigenvalue weighted by Gasteiger charge is 2.19. The Kier molecular flexibility index (Phi) is 12.0. The molecule has 0 aromatic rings. The van der Waals surface area contributed by atoms with Gasteiger partial charge in [-0.1, -0.05) is 27.7 Å². The minimum Gasteiger partial charge on any atom is -0.374 e. The standard InChI is InChI=1S/C10H21N3O2.C4H10/c1-2-11-3-4-13-5-6-15-10(8-13)7-12-9-14;1-4(2)3/h9-11H,2-8H2,1H3,(H,12,14);4H,1-3H3. The predicted octanol–water partition coefficient (Wildman–Crippen LogP) is 0.705. The van der Waals surface area contributed by atoms with Crippen molar-refractivity contribution < 1.29 is 9.53 Å². The predicted molar refractivity (Wildman–Crippen MR) is 79.3 cm³/mol. The molecule has 0 aromatic heterocycles. The number of nitrogens with zero attached hydrogens (tertiary/aromatic N) is 1. The van der Waals surface area contributed by atoms with Gasteiger partial charge < -0.3 is 15.4 Å². The molecule has 114 valence electrons. The van der Waals surface area contributed by atoms with Gasteiger partial charge in [-0.05, 0) is 12.5 Å². The van der Waals surface area contributed by atoms with Crippen molar-refractivity contribution >= 4 is 6.41 Å². The number of hydrogen-bond donors (Lipinski definition) is 2. The van der Waals surface area contributed by atoms with Crippen LogP contribution in [0.4, 0.5) is 0 Å². The average molecular weight is 273 g/mol. The van der Waals surface area contributed by atoms with Gasteiger partial charge >= 0.3 is 0 Å². The molecule has 1 unspecified atom stereocenters. The van der Waals surface area contributed by atoms with Crippen LogP contribution >= 0.6 is 0 Å². The van der Waals surface area contributed by atoms with Gasteiger partial charge in [0.15, 0.2) is 0 Å². The zero-order chi connectivity index (χ0) is 14.5. The number of carbonyl (C=O) groups excluding carboxylic acids is 1. The number of ether oxygens (including phenoxy) is 1. The van der Waals surface area contributed by atoms with Crippen molar-refractivity contribution in [1.82, 2.24) is 15.5 Å². The van der Waals surface area contributed by atoms with Crippen molar-refractivity contribution in [3.63, 3.8) is 0 Å². The van der Waals surface area contributed by atoms with E-state index in [-0.39, 0.29) is 6.10 Å². The summed E-state index contributed by atoms with van der Waals surface area (Å²) in [6, 6.07) is 0. The Bertz CT molecular complexity index is 210. The molecule has 1 atom stereocenters. The van der Waals surface area contributed by atoms with Gasteiger partial charge in [0.2, 0.25) is 6.41 Å². The molecular weight excluding hydrogens is 242 g/mol. The van der Waals surface area contributed by atoms with Crippen LogP contribution in [0.2, 0.25) is 0 Å². The van der Waals surface area contributed by atoms with Crippen LogP contribution in [-0.4, -0.2) is 63.3 Å². The second-order valence-corrected chi connectivity index (χ2v) is 5.41. The highest BCUT2D eigenvalue weighted by Crippen LogP contribution is 2.03. The topological polar surface area (TPSA) is 53.6 Å². The van der Waals surface area contributed by atoms with Crippen LogP contribution in [-0.2, 0) is 9.53 Å². The fourth-order valence-electron chi connectivity index (χ4n) is 1.70. The molecule has 1 fully saturated rings. The minimum absolute atomic E-state index is 0.144. The van der Waals surface area contributed by atoms with Gasteiger partial charge in [-0.3, -0.25) is 9.69 Å². The maximum atomic E-state index is 10.1. The Balaban J connectivity index is 0.000000711. The molecule has 0 spiro atoms. The van der Waals surface area contributed by atoms with Gasteiger partial charge in [0.25, 0.3) is 0 Å². The number of rotatable bonds is 7. The second kappa shape index (κ2) is 12.4. The summed E-state index contributed by atoms with van der Waals surface area (Å²) in [5.74, 6) is 0.833. The largest absolute Gasteiger partial charge is 0.374 e. The van der Waals surface area contributed by atoms with Crippen molar-refractivity contribution in [2.24, 2.45) is 5.92 Å². The Morgan fingerprint density at radius 2 is 2.11 bits per heavy atom. The summed E-state index contributed by atoms with van der Waals surface area (Å²) in [5, 5.41) is 5.96. The average Bonchev–Trinajstić information content (AvgIpc) is 2.36. The van der Waals surface area contributed by atoms with E-state index in [0.717, 1.165) is 51.7 Å². The van der Waals surface area contributed by atoms with Crippen LogP contribution in [0, 0.1) is 5.92 Å². The smallest absolute Gasteiger partial charge is 0.207 e. The molecule has 5 nitrogen and oxygen atoms in total. The lowest BCUT2D eigenvalue weighted by molar-refractivity contribution is -0.110. The van der Waals surface area contributed by atoms with E-state index in [9.17, 15) is 4.79 Å². The van der Waals surface area contributed by atoms with E-state index in [1.807, 2.05) is 0 Å². The third-order valence-electron chi connectivity index (χ3n) is 2.51. The van der Waals surface area contributed by atoms with Gasteiger partial charge in [-0.25, -0.2) is 0 Å². The zero-order valence-corrected chi connectivity index (χ0v) is 12.9. The van der Waals surface area contributed by atoms with Gasteiger partial charge in [0.1, 0.15) is 0 Å². The van der Waals surface area contributed by atoms with Gasteiger partial charge in [-0.15, -0.1) is 0 Å².